The molecule has 0 amide bonds. The summed E-state index contributed by atoms with van der Waals surface area (Å²) in [4.78, 5) is 1.08. The molecule has 3 aromatic heterocycles. The summed E-state index contributed by atoms with van der Waals surface area (Å²) in [6.07, 6.45) is 5.33. The number of nitrogens with zero attached hydrogens (tertiary/aromatic N) is 6. The zero-order valence-corrected chi connectivity index (χ0v) is 10.5. The number of hydrogen-bond acceptors (Lipinski definition) is 6. The summed E-state index contributed by atoms with van der Waals surface area (Å²) >= 11 is 3.13. The molecule has 3 aromatic rings. The largest absolute Gasteiger partial charge is 0.275 e. The van der Waals surface area contributed by atoms with Gasteiger partial charge in [0.15, 0.2) is 0 Å². The van der Waals surface area contributed by atoms with E-state index in [9.17, 15) is 0 Å². The molecular formula is C9H8N6S2. The predicted octanol–water partition coefficient (Wildman–Crippen LogP) is 1.59. The van der Waals surface area contributed by atoms with E-state index in [0.717, 1.165) is 10.0 Å². The predicted molar refractivity (Wildman–Crippen MR) is 67.9 cm³/mol. The van der Waals surface area contributed by atoms with Gasteiger partial charge >= 0.3 is 0 Å². The van der Waals surface area contributed by atoms with Gasteiger partial charge in [0, 0.05) is 4.88 Å². The normalized spacial score (nSPS) is 11.8. The fourth-order valence-corrected chi connectivity index (χ4v) is 2.35. The number of rotatable bonds is 3. The first-order chi connectivity index (χ1) is 8.38. The molecule has 0 spiro atoms. The zero-order chi connectivity index (χ0) is 11.7. The van der Waals surface area contributed by atoms with Crippen molar-refractivity contribution in [1.82, 2.24) is 24.5 Å². The summed E-state index contributed by atoms with van der Waals surface area (Å²) < 4.78 is 3.27. The van der Waals surface area contributed by atoms with Crippen LogP contribution in [-0.2, 0) is 0 Å². The lowest BCUT2D eigenvalue weighted by atomic mass is 10.5. The fraction of sp³-hybridized carbons (Fsp3) is 0.111. The molecule has 0 bridgehead atoms. The van der Waals surface area contributed by atoms with Crippen LogP contribution in [-0.4, -0.2) is 37.0 Å². The van der Waals surface area contributed by atoms with Crippen LogP contribution in [0.3, 0.4) is 0 Å². The van der Waals surface area contributed by atoms with Gasteiger partial charge in [-0.1, -0.05) is 17.8 Å². The summed E-state index contributed by atoms with van der Waals surface area (Å²) in [5, 5.41) is 19.3. The highest BCUT2D eigenvalue weighted by Crippen LogP contribution is 2.12. The van der Waals surface area contributed by atoms with E-state index in [1.807, 2.05) is 23.8 Å². The van der Waals surface area contributed by atoms with Crippen LogP contribution in [0.4, 0.5) is 0 Å². The first-order valence-electron chi connectivity index (χ1n) is 4.79. The fourth-order valence-electron chi connectivity index (χ4n) is 1.35. The van der Waals surface area contributed by atoms with Gasteiger partial charge in [-0.25, -0.2) is 0 Å². The number of aromatic nitrogens is 5. The summed E-state index contributed by atoms with van der Waals surface area (Å²) in [6, 6.07) is 3.98. The average Bonchev–Trinajstić information content (AvgIpc) is 3.04. The SMILES string of the molecule is CSc1nnc2n(/N=C\c3cccs3)cnn12. The maximum atomic E-state index is 4.29. The Hall–Kier alpha value is -1.67. The number of thiophene rings is 1. The lowest BCUT2D eigenvalue weighted by Crippen LogP contribution is -1.89. The van der Waals surface area contributed by atoms with Gasteiger partial charge in [0.1, 0.15) is 6.33 Å². The van der Waals surface area contributed by atoms with Crippen molar-refractivity contribution in [3.05, 3.63) is 28.7 Å². The van der Waals surface area contributed by atoms with E-state index in [0.29, 0.717) is 5.78 Å². The molecule has 0 unspecified atom stereocenters. The lowest BCUT2D eigenvalue weighted by Gasteiger charge is -1.88. The third-order valence-corrected chi connectivity index (χ3v) is 3.54. The molecule has 0 atom stereocenters. The molecule has 0 aliphatic carbocycles. The van der Waals surface area contributed by atoms with Crippen LogP contribution >= 0.6 is 23.1 Å². The van der Waals surface area contributed by atoms with Crippen LogP contribution in [0, 0.1) is 0 Å². The van der Waals surface area contributed by atoms with Crippen molar-refractivity contribution in [3.8, 4) is 0 Å². The number of hydrogen-bond donors (Lipinski definition) is 0. The Morgan fingerprint density at radius 2 is 2.41 bits per heavy atom. The average molecular weight is 264 g/mol. The Morgan fingerprint density at radius 3 is 3.18 bits per heavy atom. The smallest absolute Gasteiger partial charge is 0.184 e. The highest BCUT2D eigenvalue weighted by molar-refractivity contribution is 7.98. The molecule has 0 aliphatic heterocycles. The van der Waals surface area contributed by atoms with Crippen LogP contribution in [0.1, 0.15) is 4.88 Å². The van der Waals surface area contributed by atoms with E-state index in [1.54, 1.807) is 33.1 Å². The van der Waals surface area contributed by atoms with E-state index in [2.05, 4.69) is 20.4 Å². The van der Waals surface area contributed by atoms with Crippen molar-refractivity contribution < 1.29 is 0 Å². The standard InChI is InChI=1S/C9H8N6S2/c1-16-9-13-12-8-14(6-11-15(8)9)10-5-7-3-2-4-17-7/h2-6H,1H3/b10-5-. The maximum absolute atomic E-state index is 4.29. The quantitative estimate of drug-likeness (QED) is 0.532. The molecule has 0 aromatic carbocycles. The van der Waals surface area contributed by atoms with Crippen LogP contribution in [0.5, 0.6) is 0 Å². The van der Waals surface area contributed by atoms with Crippen molar-refractivity contribution >= 4 is 35.1 Å². The van der Waals surface area contributed by atoms with Gasteiger partial charge in [-0.05, 0) is 17.7 Å². The van der Waals surface area contributed by atoms with Crippen LogP contribution in [0.2, 0.25) is 0 Å². The van der Waals surface area contributed by atoms with Gasteiger partial charge in [0.2, 0.25) is 5.16 Å². The van der Waals surface area contributed by atoms with E-state index >= 15 is 0 Å². The Morgan fingerprint density at radius 1 is 1.47 bits per heavy atom. The summed E-state index contributed by atoms with van der Waals surface area (Å²) in [5.74, 6) is 0.613. The Kier molecular flexibility index (Phi) is 2.65. The lowest BCUT2D eigenvalue weighted by molar-refractivity contribution is 0.817. The van der Waals surface area contributed by atoms with E-state index in [1.165, 1.54) is 11.8 Å². The van der Waals surface area contributed by atoms with Crippen LogP contribution in [0.15, 0.2) is 34.1 Å². The van der Waals surface area contributed by atoms with E-state index in [-0.39, 0.29) is 0 Å². The van der Waals surface area contributed by atoms with Crippen molar-refractivity contribution in [2.45, 2.75) is 5.16 Å². The topological polar surface area (TPSA) is 60.4 Å². The monoisotopic (exact) mass is 264 g/mol. The third kappa shape index (κ3) is 1.85. The van der Waals surface area contributed by atoms with Gasteiger partial charge in [-0.15, -0.1) is 21.5 Å². The second-order valence-corrected chi connectivity index (χ2v) is 4.89. The molecule has 0 radical (unpaired) electrons. The Balaban J connectivity index is 1.98. The molecule has 17 heavy (non-hydrogen) atoms. The molecule has 3 heterocycles. The molecule has 3 rings (SSSR count). The molecule has 6 nitrogen and oxygen atoms in total. The maximum Gasteiger partial charge on any atom is 0.275 e. The Bertz CT molecular complexity index is 650. The highest BCUT2D eigenvalue weighted by atomic mass is 32.2. The molecule has 8 heteroatoms. The van der Waals surface area contributed by atoms with Crippen molar-refractivity contribution in [2.24, 2.45) is 5.10 Å². The van der Waals surface area contributed by atoms with E-state index < -0.39 is 0 Å². The Labute approximate surface area is 105 Å². The van der Waals surface area contributed by atoms with Gasteiger partial charge in [-0.3, -0.25) is 0 Å². The van der Waals surface area contributed by atoms with Crippen molar-refractivity contribution in [3.63, 3.8) is 0 Å². The zero-order valence-electron chi connectivity index (χ0n) is 8.89. The molecule has 0 aliphatic rings. The third-order valence-electron chi connectivity index (χ3n) is 2.11. The molecule has 0 saturated carbocycles. The van der Waals surface area contributed by atoms with Crippen LogP contribution in [0.25, 0.3) is 5.78 Å². The molecule has 0 saturated heterocycles. The van der Waals surface area contributed by atoms with Gasteiger partial charge < -0.3 is 0 Å². The van der Waals surface area contributed by atoms with E-state index in [4.69, 9.17) is 0 Å². The number of fused-ring (bicyclic) bond motifs is 1. The second kappa shape index (κ2) is 4.30. The highest BCUT2D eigenvalue weighted by Gasteiger charge is 2.09. The van der Waals surface area contributed by atoms with Crippen molar-refractivity contribution in [1.29, 1.82) is 0 Å². The molecular weight excluding hydrogens is 256 g/mol. The minimum atomic E-state index is 0.613. The number of thioether (sulfide) groups is 1. The van der Waals surface area contributed by atoms with Crippen LogP contribution < -0.4 is 0 Å². The molecule has 0 N–H and O–H groups in total. The van der Waals surface area contributed by atoms with Gasteiger partial charge in [0.05, 0.1) is 6.21 Å². The second-order valence-electron chi connectivity index (χ2n) is 3.13. The van der Waals surface area contributed by atoms with Crippen molar-refractivity contribution in [2.75, 3.05) is 6.26 Å². The summed E-state index contributed by atoms with van der Waals surface area (Å²) in [7, 11) is 0. The minimum absolute atomic E-state index is 0.613. The van der Waals surface area contributed by atoms with Gasteiger partial charge in [-0.2, -0.15) is 19.4 Å². The molecule has 0 fully saturated rings. The first-order valence-corrected chi connectivity index (χ1v) is 6.89. The molecule has 86 valence electrons. The van der Waals surface area contributed by atoms with Gasteiger partial charge in [0.25, 0.3) is 5.78 Å². The summed E-state index contributed by atoms with van der Waals surface area (Å²) in [6.45, 7) is 0. The summed E-state index contributed by atoms with van der Waals surface area (Å²) in [5.41, 5.74) is 0. The first kappa shape index (κ1) is 10.5. The minimum Gasteiger partial charge on any atom is -0.184 e.